The molecule has 7 nitrogen and oxygen atoms in total. The number of hydrogen-bond acceptors (Lipinski definition) is 7. The predicted octanol–water partition coefficient (Wildman–Crippen LogP) is 0.0510. The number of aliphatic hydroxyl groups is 1. The second-order valence-electron chi connectivity index (χ2n) is 5.77. The molecule has 21 heavy (non-hydrogen) atoms. The number of carbonyl (C=O) groups excluding carboxylic acids is 1. The molecule has 4 aliphatic rings. The van der Waals surface area contributed by atoms with E-state index in [2.05, 4.69) is 0 Å². The summed E-state index contributed by atoms with van der Waals surface area (Å²) in [6.07, 6.45) is 1.29. The van der Waals surface area contributed by atoms with Crippen molar-refractivity contribution >= 4 is 5.97 Å². The summed E-state index contributed by atoms with van der Waals surface area (Å²) in [5, 5.41) is 9.19. The lowest BCUT2D eigenvalue weighted by Crippen LogP contribution is -2.25. The first-order valence-corrected chi connectivity index (χ1v) is 7.47. The van der Waals surface area contributed by atoms with Crippen LogP contribution in [0.3, 0.4) is 0 Å². The first-order chi connectivity index (χ1) is 10.1. The molecule has 4 fully saturated rings. The zero-order chi connectivity index (χ0) is 14.8. The van der Waals surface area contributed by atoms with Gasteiger partial charge in [0.05, 0.1) is 38.4 Å². The summed E-state index contributed by atoms with van der Waals surface area (Å²) in [6.45, 7) is 3.81. The van der Waals surface area contributed by atoms with Crippen molar-refractivity contribution in [2.75, 3.05) is 26.4 Å². The molecule has 7 heteroatoms. The van der Waals surface area contributed by atoms with E-state index in [-0.39, 0.29) is 42.6 Å². The van der Waals surface area contributed by atoms with Crippen LogP contribution in [-0.2, 0) is 28.5 Å². The highest BCUT2D eigenvalue weighted by Crippen LogP contribution is 2.33. The first-order valence-electron chi connectivity index (χ1n) is 7.47. The van der Waals surface area contributed by atoms with Crippen LogP contribution in [0.4, 0.5) is 0 Å². The number of ether oxygens (including phenoxy) is 5. The summed E-state index contributed by atoms with van der Waals surface area (Å²) in [7, 11) is 0. The van der Waals surface area contributed by atoms with E-state index in [1.807, 2.05) is 0 Å². The lowest BCUT2D eigenvalue weighted by Gasteiger charge is -2.13. The summed E-state index contributed by atoms with van der Waals surface area (Å²) in [5.41, 5.74) is 0. The van der Waals surface area contributed by atoms with Crippen LogP contribution in [0.15, 0.2) is 0 Å². The fraction of sp³-hybridized carbons (Fsp3) is 0.929. The molecule has 0 aromatic carbocycles. The van der Waals surface area contributed by atoms with Gasteiger partial charge in [-0.3, -0.25) is 4.79 Å². The molecule has 4 saturated heterocycles. The third-order valence-electron chi connectivity index (χ3n) is 4.31. The maximum absolute atomic E-state index is 10.7. The summed E-state index contributed by atoms with van der Waals surface area (Å²) >= 11 is 0. The van der Waals surface area contributed by atoms with Crippen molar-refractivity contribution < 1.29 is 33.6 Å². The van der Waals surface area contributed by atoms with Crippen molar-refractivity contribution in [3.8, 4) is 0 Å². The largest absolute Gasteiger partial charge is 0.460 e. The summed E-state index contributed by atoms with van der Waals surface area (Å²) in [5.74, 6) is 0.273. The number of fused-ring (bicyclic) bond motifs is 2. The molecule has 0 bridgehead atoms. The minimum absolute atomic E-state index is 0.0880. The minimum Gasteiger partial charge on any atom is -0.460 e. The normalized spacial score (nSPS) is 43.9. The Labute approximate surface area is 123 Å². The molecular formula is C14H22O7. The zero-order valence-electron chi connectivity index (χ0n) is 12.1. The molecule has 0 unspecified atom stereocenters. The molecule has 0 amide bonds. The number of rotatable bonds is 1. The van der Waals surface area contributed by atoms with Gasteiger partial charge in [-0.1, -0.05) is 0 Å². The van der Waals surface area contributed by atoms with Crippen LogP contribution in [0.25, 0.3) is 0 Å². The van der Waals surface area contributed by atoms with Crippen LogP contribution in [0, 0.1) is 11.8 Å². The Bertz CT molecular complexity index is 374. The predicted molar refractivity (Wildman–Crippen MR) is 69.2 cm³/mol. The first kappa shape index (κ1) is 15.2. The summed E-state index contributed by atoms with van der Waals surface area (Å²) in [6, 6.07) is 0. The Morgan fingerprint density at radius 1 is 1.00 bits per heavy atom. The fourth-order valence-electron chi connectivity index (χ4n) is 3.20. The van der Waals surface area contributed by atoms with E-state index in [9.17, 15) is 9.90 Å². The lowest BCUT2D eigenvalue weighted by molar-refractivity contribution is -0.147. The number of esters is 1. The van der Waals surface area contributed by atoms with Crippen molar-refractivity contribution in [3.05, 3.63) is 0 Å². The van der Waals surface area contributed by atoms with Gasteiger partial charge in [-0.25, -0.2) is 0 Å². The van der Waals surface area contributed by atoms with E-state index in [4.69, 9.17) is 23.7 Å². The Kier molecular flexibility index (Phi) is 4.75. The minimum atomic E-state index is -0.280. The van der Waals surface area contributed by atoms with Crippen molar-refractivity contribution in [2.24, 2.45) is 11.8 Å². The molecule has 6 atom stereocenters. The Morgan fingerprint density at radius 2 is 1.62 bits per heavy atom. The van der Waals surface area contributed by atoms with E-state index in [0.29, 0.717) is 19.8 Å². The van der Waals surface area contributed by atoms with E-state index in [1.165, 1.54) is 6.92 Å². The van der Waals surface area contributed by atoms with Crippen molar-refractivity contribution in [1.82, 2.24) is 0 Å². The van der Waals surface area contributed by atoms with Crippen molar-refractivity contribution in [3.63, 3.8) is 0 Å². The van der Waals surface area contributed by atoms with E-state index >= 15 is 0 Å². The van der Waals surface area contributed by atoms with E-state index in [1.54, 1.807) is 0 Å². The highest BCUT2D eigenvalue weighted by Gasteiger charge is 2.43. The maximum Gasteiger partial charge on any atom is 0.302 e. The molecule has 0 saturated carbocycles. The fourth-order valence-corrected chi connectivity index (χ4v) is 3.20. The van der Waals surface area contributed by atoms with Gasteiger partial charge in [0.25, 0.3) is 0 Å². The molecule has 4 heterocycles. The molecule has 4 aliphatic heterocycles. The van der Waals surface area contributed by atoms with Gasteiger partial charge in [0.2, 0.25) is 0 Å². The van der Waals surface area contributed by atoms with Gasteiger partial charge < -0.3 is 28.8 Å². The SMILES string of the molecule is CC(=O)O[C@H]1CO[C@H]2OCC[C@H]21.O[C@H]1CO[C@H]2OCC[C@H]21. The second-order valence-corrected chi connectivity index (χ2v) is 5.77. The van der Waals surface area contributed by atoms with Gasteiger partial charge in [0.15, 0.2) is 12.6 Å². The average molecular weight is 302 g/mol. The quantitative estimate of drug-likeness (QED) is 0.685. The molecule has 0 radical (unpaired) electrons. The van der Waals surface area contributed by atoms with E-state index < -0.39 is 0 Å². The number of aliphatic hydroxyl groups excluding tert-OH is 1. The van der Waals surface area contributed by atoms with Crippen molar-refractivity contribution in [1.29, 1.82) is 0 Å². The number of hydrogen-bond donors (Lipinski definition) is 1. The molecule has 0 aromatic heterocycles. The van der Waals surface area contributed by atoms with Crippen LogP contribution in [0.5, 0.6) is 0 Å². The van der Waals surface area contributed by atoms with Gasteiger partial charge in [0.1, 0.15) is 6.10 Å². The van der Waals surface area contributed by atoms with Crippen LogP contribution in [-0.4, -0.2) is 62.3 Å². The highest BCUT2D eigenvalue weighted by atomic mass is 16.7. The van der Waals surface area contributed by atoms with Gasteiger partial charge in [-0.05, 0) is 12.8 Å². The summed E-state index contributed by atoms with van der Waals surface area (Å²) in [4.78, 5) is 10.7. The monoisotopic (exact) mass is 302 g/mol. The van der Waals surface area contributed by atoms with Crippen molar-refractivity contribution in [2.45, 2.75) is 44.6 Å². The zero-order valence-corrected chi connectivity index (χ0v) is 12.1. The third-order valence-corrected chi connectivity index (χ3v) is 4.31. The standard InChI is InChI=1S/C8H12O4.C6H10O3/c1-5(9)12-7-4-11-8-6(7)2-3-10-8;7-5-3-9-6-4(5)1-2-8-6/h6-8H,2-4H2,1H3;4-7H,1-3H2/t6-,7-,8+;4-,5-,6+/m00/s1. The van der Waals surface area contributed by atoms with Crippen LogP contribution in [0.2, 0.25) is 0 Å². The maximum atomic E-state index is 10.7. The topological polar surface area (TPSA) is 83.5 Å². The molecule has 120 valence electrons. The Hall–Kier alpha value is -0.730. The molecule has 4 rings (SSSR count). The van der Waals surface area contributed by atoms with Crippen LogP contribution in [0.1, 0.15) is 19.8 Å². The van der Waals surface area contributed by atoms with Crippen LogP contribution < -0.4 is 0 Å². The molecule has 0 aromatic rings. The Morgan fingerprint density at radius 3 is 2.29 bits per heavy atom. The number of carbonyl (C=O) groups is 1. The second kappa shape index (κ2) is 6.58. The Balaban J connectivity index is 0.000000131. The smallest absolute Gasteiger partial charge is 0.302 e. The molecule has 0 aliphatic carbocycles. The lowest BCUT2D eigenvalue weighted by atomic mass is 10.0. The summed E-state index contributed by atoms with van der Waals surface area (Å²) < 4.78 is 25.9. The van der Waals surface area contributed by atoms with E-state index in [0.717, 1.165) is 19.4 Å². The van der Waals surface area contributed by atoms with Gasteiger partial charge in [-0.15, -0.1) is 0 Å². The van der Waals surface area contributed by atoms with Gasteiger partial charge in [0, 0.05) is 12.8 Å². The molecule has 0 spiro atoms. The average Bonchev–Trinajstić information content (AvgIpc) is 3.16. The molecule has 1 N–H and O–H groups in total. The molecular weight excluding hydrogens is 280 g/mol. The van der Waals surface area contributed by atoms with Crippen LogP contribution >= 0.6 is 0 Å². The third kappa shape index (κ3) is 3.37. The highest BCUT2D eigenvalue weighted by molar-refractivity contribution is 5.66. The van der Waals surface area contributed by atoms with Gasteiger partial charge in [-0.2, -0.15) is 0 Å². The van der Waals surface area contributed by atoms with Gasteiger partial charge >= 0.3 is 5.97 Å².